The second-order valence-electron chi connectivity index (χ2n) is 6.86. The first-order chi connectivity index (χ1) is 13.5. The zero-order chi connectivity index (χ0) is 20.1. The van der Waals surface area contributed by atoms with Gasteiger partial charge in [-0.3, -0.25) is 4.79 Å². The number of pyridine rings is 1. The Bertz CT molecular complexity index is 967. The van der Waals surface area contributed by atoms with Crippen molar-refractivity contribution in [2.75, 3.05) is 19.0 Å². The zero-order valence-corrected chi connectivity index (χ0v) is 16.2. The number of hydrogen-bond donors (Lipinski definition) is 0. The van der Waals surface area contributed by atoms with Crippen LogP contribution in [0.25, 0.3) is 10.9 Å². The lowest BCUT2D eigenvalue weighted by atomic mass is 10.1. The number of hydrogen-bond acceptors (Lipinski definition) is 4. The quantitative estimate of drug-likeness (QED) is 0.538. The number of rotatable bonds is 8. The maximum atomic E-state index is 13.6. The molecule has 6 heteroatoms. The zero-order valence-electron chi connectivity index (χ0n) is 16.2. The summed E-state index contributed by atoms with van der Waals surface area (Å²) in [5.74, 6) is 1.12. The van der Waals surface area contributed by atoms with E-state index in [0.29, 0.717) is 43.0 Å². The first-order valence-electron chi connectivity index (χ1n) is 9.15. The van der Waals surface area contributed by atoms with Crippen LogP contribution in [0.15, 0.2) is 59.7 Å². The van der Waals surface area contributed by atoms with Gasteiger partial charge in [0, 0.05) is 44.1 Å². The summed E-state index contributed by atoms with van der Waals surface area (Å²) < 4.78 is 19.0. The molecule has 3 rings (SSSR count). The third-order valence-corrected chi connectivity index (χ3v) is 4.46. The van der Waals surface area contributed by atoms with Crippen LogP contribution >= 0.6 is 0 Å². The van der Waals surface area contributed by atoms with Gasteiger partial charge in [0.05, 0.1) is 18.3 Å². The highest BCUT2D eigenvalue weighted by Gasteiger charge is 2.19. The fourth-order valence-electron chi connectivity index (χ4n) is 3.09. The summed E-state index contributed by atoms with van der Waals surface area (Å²) in [5, 5.41) is 0.832. The van der Waals surface area contributed by atoms with E-state index < -0.39 is 0 Å². The van der Waals surface area contributed by atoms with Crippen molar-refractivity contribution in [1.29, 1.82) is 0 Å². The molecule has 0 spiro atoms. The molecule has 3 aromatic rings. The van der Waals surface area contributed by atoms with Crippen molar-refractivity contribution in [2.45, 2.75) is 25.9 Å². The summed E-state index contributed by atoms with van der Waals surface area (Å²) in [5.41, 5.74) is 1.48. The van der Waals surface area contributed by atoms with Crippen LogP contribution in [0.4, 0.5) is 10.2 Å². The maximum absolute atomic E-state index is 13.6. The summed E-state index contributed by atoms with van der Waals surface area (Å²) in [6, 6.07) is 10.2. The molecule has 1 amide bonds. The summed E-state index contributed by atoms with van der Waals surface area (Å²) in [6.45, 7) is 4.45. The first kappa shape index (κ1) is 19.6. The highest BCUT2D eigenvalue weighted by molar-refractivity contribution is 5.82. The van der Waals surface area contributed by atoms with Crippen LogP contribution in [0, 0.1) is 5.82 Å². The number of amides is 1. The average molecular weight is 381 g/mol. The van der Waals surface area contributed by atoms with Gasteiger partial charge in [-0.2, -0.15) is 0 Å². The van der Waals surface area contributed by atoms with Crippen molar-refractivity contribution in [3.63, 3.8) is 0 Å². The van der Waals surface area contributed by atoms with E-state index in [-0.39, 0.29) is 11.7 Å². The molecule has 0 atom stereocenters. The molecule has 0 radical (unpaired) electrons. The van der Waals surface area contributed by atoms with E-state index in [0.717, 1.165) is 10.9 Å². The molecule has 0 N–H and O–H groups in total. The Balaban J connectivity index is 1.96. The number of benzene rings is 1. The Kier molecular flexibility index (Phi) is 6.09. The topological polar surface area (TPSA) is 49.6 Å². The Morgan fingerprint density at radius 2 is 2.07 bits per heavy atom. The minimum absolute atomic E-state index is 0.0141. The number of halogens is 1. The van der Waals surface area contributed by atoms with Crippen LogP contribution in [0.3, 0.4) is 0 Å². The molecule has 0 unspecified atom stereocenters. The Hall–Kier alpha value is -3.15. The molecule has 28 heavy (non-hydrogen) atoms. The minimum atomic E-state index is -0.323. The summed E-state index contributed by atoms with van der Waals surface area (Å²) in [7, 11) is 3.76. The van der Waals surface area contributed by atoms with Crippen molar-refractivity contribution in [3.05, 3.63) is 72.5 Å². The summed E-state index contributed by atoms with van der Waals surface area (Å²) in [6.07, 6.45) is 4.33. The first-order valence-corrected chi connectivity index (χ1v) is 9.15. The van der Waals surface area contributed by atoms with Crippen LogP contribution < -0.4 is 4.90 Å². The van der Waals surface area contributed by atoms with Crippen LogP contribution in [0.5, 0.6) is 0 Å². The van der Waals surface area contributed by atoms with Gasteiger partial charge in [-0.25, -0.2) is 9.37 Å². The standard InChI is InChI=1S/C22H24FN3O2/c1-4-5-8-21(27)26(15-19-7-6-11-28-19)14-17-12-16-9-10-18(23)13-20(16)24-22(17)25(2)3/h4,6-7,9-13H,1,5,8,14-15H2,2-3H3. The van der Waals surface area contributed by atoms with Crippen LogP contribution in [0.1, 0.15) is 24.2 Å². The normalized spacial score (nSPS) is 10.8. The molecule has 0 aliphatic carbocycles. The lowest BCUT2D eigenvalue weighted by Crippen LogP contribution is -2.30. The van der Waals surface area contributed by atoms with Gasteiger partial charge in [-0.15, -0.1) is 6.58 Å². The van der Waals surface area contributed by atoms with Gasteiger partial charge in [0.1, 0.15) is 17.4 Å². The highest BCUT2D eigenvalue weighted by Crippen LogP contribution is 2.25. The number of fused-ring (bicyclic) bond motifs is 1. The second-order valence-corrected chi connectivity index (χ2v) is 6.86. The molecule has 5 nitrogen and oxygen atoms in total. The lowest BCUT2D eigenvalue weighted by Gasteiger charge is -2.25. The van der Waals surface area contributed by atoms with Crippen molar-refractivity contribution in [1.82, 2.24) is 9.88 Å². The van der Waals surface area contributed by atoms with Gasteiger partial charge in [-0.05, 0) is 36.8 Å². The molecule has 0 fully saturated rings. The van der Waals surface area contributed by atoms with E-state index in [9.17, 15) is 9.18 Å². The maximum Gasteiger partial charge on any atom is 0.223 e. The van der Waals surface area contributed by atoms with Crippen LogP contribution in [0.2, 0.25) is 0 Å². The molecule has 2 heterocycles. The van der Waals surface area contributed by atoms with Gasteiger partial charge in [0.2, 0.25) is 5.91 Å². The van der Waals surface area contributed by atoms with Crippen LogP contribution in [-0.4, -0.2) is 29.9 Å². The SMILES string of the molecule is C=CCCC(=O)N(Cc1ccco1)Cc1cc2ccc(F)cc2nc1N(C)C. The summed E-state index contributed by atoms with van der Waals surface area (Å²) in [4.78, 5) is 21.0. The van der Waals surface area contributed by atoms with E-state index in [1.165, 1.54) is 12.1 Å². The number of carbonyl (C=O) groups is 1. The summed E-state index contributed by atoms with van der Waals surface area (Å²) >= 11 is 0. The fourth-order valence-corrected chi connectivity index (χ4v) is 3.09. The predicted molar refractivity (Wildman–Crippen MR) is 108 cm³/mol. The number of allylic oxidation sites excluding steroid dienone is 1. The van der Waals surface area contributed by atoms with Crippen LogP contribution in [-0.2, 0) is 17.9 Å². The van der Waals surface area contributed by atoms with E-state index >= 15 is 0 Å². The molecule has 0 bridgehead atoms. The van der Waals surface area contributed by atoms with Gasteiger partial charge in [-0.1, -0.05) is 6.08 Å². The monoisotopic (exact) mass is 381 g/mol. The Labute approximate surface area is 164 Å². The van der Waals surface area contributed by atoms with Crippen molar-refractivity contribution in [3.8, 4) is 0 Å². The number of anilines is 1. The number of aromatic nitrogens is 1. The molecule has 0 saturated carbocycles. The van der Waals surface area contributed by atoms with Crippen molar-refractivity contribution in [2.24, 2.45) is 0 Å². The lowest BCUT2D eigenvalue weighted by molar-refractivity contribution is -0.132. The number of nitrogens with zero attached hydrogens (tertiary/aromatic N) is 3. The van der Waals surface area contributed by atoms with E-state index in [1.807, 2.05) is 31.1 Å². The van der Waals surface area contributed by atoms with Gasteiger partial charge >= 0.3 is 0 Å². The molecular formula is C22H24FN3O2. The van der Waals surface area contributed by atoms with Crippen molar-refractivity contribution < 1.29 is 13.6 Å². The van der Waals surface area contributed by atoms with Gasteiger partial charge in [0.15, 0.2) is 0 Å². The largest absolute Gasteiger partial charge is 0.467 e. The van der Waals surface area contributed by atoms with Gasteiger partial charge < -0.3 is 14.2 Å². The molecule has 0 aliphatic rings. The molecule has 0 aliphatic heterocycles. The number of furan rings is 1. The molecule has 1 aromatic carbocycles. The minimum Gasteiger partial charge on any atom is -0.467 e. The number of carbonyl (C=O) groups excluding carboxylic acids is 1. The third kappa shape index (κ3) is 4.57. The van der Waals surface area contributed by atoms with E-state index in [1.54, 1.807) is 29.4 Å². The molecule has 2 aromatic heterocycles. The molecule has 146 valence electrons. The molecule has 0 saturated heterocycles. The highest BCUT2D eigenvalue weighted by atomic mass is 19.1. The van der Waals surface area contributed by atoms with Crippen molar-refractivity contribution >= 4 is 22.6 Å². The third-order valence-electron chi connectivity index (χ3n) is 4.46. The second kappa shape index (κ2) is 8.69. The van der Waals surface area contributed by atoms with Gasteiger partial charge in [0.25, 0.3) is 0 Å². The average Bonchev–Trinajstić information content (AvgIpc) is 3.18. The fraction of sp³-hybridized carbons (Fsp3) is 0.273. The molecular weight excluding hydrogens is 357 g/mol. The Morgan fingerprint density at radius 1 is 1.25 bits per heavy atom. The Morgan fingerprint density at radius 3 is 2.75 bits per heavy atom. The smallest absolute Gasteiger partial charge is 0.223 e. The van der Waals surface area contributed by atoms with E-state index in [2.05, 4.69) is 11.6 Å². The van der Waals surface area contributed by atoms with E-state index in [4.69, 9.17) is 4.42 Å². The predicted octanol–water partition coefficient (Wildman–Crippen LogP) is 4.53.